The maximum atomic E-state index is 11.8. The van der Waals surface area contributed by atoms with Gasteiger partial charge in [0, 0.05) is 25.4 Å². The molecule has 1 aromatic carbocycles. The lowest BCUT2D eigenvalue weighted by molar-refractivity contribution is -0.215. The molecule has 2 aliphatic heterocycles. The summed E-state index contributed by atoms with van der Waals surface area (Å²) in [7, 11) is 0. The lowest BCUT2D eigenvalue weighted by Gasteiger charge is -2.49. The summed E-state index contributed by atoms with van der Waals surface area (Å²) in [5, 5.41) is 14.1. The van der Waals surface area contributed by atoms with Crippen LogP contribution in [-0.4, -0.2) is 41.4 Å². The molecular formula is C21H32N2O3. The standard InChI is InChI=1S/C21H32N2O3/c1-20-10-8-16(14-23-18(24)9-11-22)19(25)21(2,26-20)13-17(12-20)15-6-4-3-5-7-15/h3-7,16-17,19,25H,8-14,22H2,1-2H3,(H,23,24)/t16-,17-,19-,20-,21-/m0/s1. The van der Waals surface area contributed by atoms with Crippen LogP contribution in [0.2, 0.25) is 0 Å². The van der Waals surface area contributed by atoms with Crippen LogP contribution < -0.4 is 11.1 Å². The minimum atomic E-state index is -0.604. The molecule has 3 rings (SSSR count). The average Bonchev–Trinajstić information content (AvgIpc) is 2.67. The van der Waals surface area contributed by atoms with Crippen molar-refractivity contribution >= 4 is 5.91 Å². The molecule has 0 unspecified atom stereocenters. The first-order chi connectivity index (χ1) is 12.4. The zero-order valence-corrected chi connectivity index (χ0v) is 15.9. The van der Waals surface area contributed by atoms with E-state index in [-0.39, 0.29) is 17.4 Å². The maximum Gasteiger partial charge on any atom is 0.221 e. The highest BCUT2D eigenvalue weighted by Gasteiger charge is 2.52. The van der Waals surface area contributed by atoms with Crippen molar-refractivity contribution in [2.24, 2.45) is 11.7 Å². The van der Waals surface area contributed by atoms with Crippen LogP contribution in [0, 0.1) is 5.92 Å². The molecule has 0 radical (unpaired) electrons. The van der Waals surface area contributed by atoms with E-state index >= 15 is 0 Å². The average molecular weight is 360 g/mol. The van der Waals surface area contributed by atoms with Crippen LogP contribution in [0.25, 0.3) is 0 Å². The van der Waals surface area contributed by atoms with Crippen molar-refractivity contribution in [3.05, 3.63) is 35.9 Å². The molecule has 144 valence electrons. The highest BCUT2D eigenvalue weighted by atomic mass is 16.5. The molecule has 2 aliphatic rings. The summed E-state index contributed by atoms with van der Waals surface area (Å²) in [6.07, 6.45) is 3.21. The van der Waals surface area contributed by atoms with Crippen LogP contribution in [0.15, 0.2) is 30.3 Å². The van der Waals surface area contributed by atoms with Crippen molar-refractivity contribution in [1.29, 1.82) is 0 Å². The fourth-order valence-corrected chi connectivity index (χ4v) is 4.85. The summed E-state index contributed by atoms with van der Waals surface area (Å²) in [5.74, 6) is 0.324. The van der Waals surface area contributed by atoms with Gasteiger partial charge in [-0.25, -0.2) is 0 Å². The number of carbonyl (C=O) groups is 1. The van der Waals surface area contributed by atoms with Gasteiger partial charge >= 0.3 is 0 Å². The molecule has 2 saturated heterocycles. The third-order valence-corrected chi connectivity index (χ3v) is 6.13. The maximum absolute atomic E-state index is 11.8. The van der Waals surface area contributed by atoms with Gasteiger partial charge in [0.05, 0.1) is 17.3 Å². The molecule has 5 heteroatoms. The van der Waals surface area contributed by atoms with E-state index in [4.69, 9.17) is 10.5 Å². The Hall–Kier alpha value is -1.43. The summed E-state index contributed by atoms with van der Waals surface area (Å²) >= 11 is 0. The van der Waals surface area contributed by atoms with Crippen molar-refractivity contribution in [1.82, 2.24) is 5.32 Å². The van der Waals surface area contributed by atoms with Crippen molar-refractivity contribution in [2.75, 3.05) is 13.1 Å². The normalized spacial score (nSPS) is 37.0. The smallest absolute Gasteiger partial charge is 0.221 e. The summed E-state index contributed by atoms with van der Waals surface area (Å²) in [6, 6.07) is 10.5. The summed E-state index contributed by atoms with van der Waals surface area (Å²) < 4.78 is 6.49. The van der Waals surface area contributed by atoms with Gasteiger partial charge in [-0.2, -0.15) is 0 Å². The predicted octanol–water partition coefficient (Wildman–Crippen LogP) is 2.33. The Labute approximate surface area is 156 Å². The first-order valence-electron chi connectivity index (χ1n) is 9.75. The number of amides is 1. The number of rotatable bonds is 5. The van der Waals surface area contributed by atoms with Crippen LogP contribution in [0.3, 0.4) is 0 Å². The molecular weight excluding hydrogens is 328 g/mol. The van der Waals surface area contributed by atoms with E-state index in [1.807, 2.05) is 13.0 Å². The number of hydrogen-bond acceptors (Lipinski definition) is 4. The third-order valence-electron chi connectivity index (χ3n) is 6.13. The Bertz CT molecular complexity index is 623. The Morgan fingerprint density at radius 1 is 1.31 bits per heavy atom. The van der Waals surface area contributed by atoms with Crippen LogP contribution in [0.1, 0.15) is 57.4 Å². The Morgan fingerprint density at radius 3 is 2.73 bits per heavy atom. The van der Waals surface area contributed by atoms with E-state index in [1.54, 1.807) is 0 Å². The van der Waals surface area contributed by atoms with E-state index in [1.165, 1.54) is 5.56 Å². The topological polar surface area (TPSA) is 84.6 Å². The Kier molecular flexibility index (Phi) is 5.70. The summed E-state index contributed by atoms with van der Waals surface area (Å²) in [5.41, 5.74) is 5.90. The Morgan fingerprint density at radius 2 is 2.04 bits per heavy atom. The number of nitrogens with one attached hydrogen (secondary N) is 1. The van der Waals surface area contributed by atoms with Gasteiger partial charge in [0.15, 0.2) is 0 Å². The van der Waals surface area contributed by atoms with Crippen molar-refractivity contribution < 1.29 is 14.6 Å². The van der Waals surface area contributed by atoms with Crippen LogP contribution in [0.4, 0.5) is 0 Å². The van der Waals surface area contributed by atoms with Gasteiger partial charge in [0.25, 0.3) is 0 Å². The number of hydrogen-bond donors (Lipinski definition) is 3. The molecule has 5 atom stereocenters. The molecule has 5 nitrogen and oxygen atoms in total. The van der Waals surface area contributed by atoms with Crippen molar-refractivity contribution in [3.8, 4) is 0 Å². The van der Waals surface area contributed by atoms with Gasteiger partial charge in [-0.3, -0.25) is 4.79 Å². The number of fused-ring (bicyclic) bond motifs is 2. The van der Waals surface area contributed by atoms with Gasteiger partial charge in [0.2, 0.25) is 5.91 Å². The molecule has 2 bridgehead atoms. The van der Waals surface area contributed by atoms with E-state index in [0.717, 1.165) is 25.7 Å². The minimum absolute atomic E-state index is 0.00178. The molecule has 0 saturated carbocycles. The summed E-state index contributed by atoms with van der Waals surface area (Å²) in [6.45, 7) is 5.02. The second-order valence-electron chi connectivity index (χ2n) is 8.47. The van der Waals surface area contributed by atoms with Gasteiger partial charge in [-0.05, 0) is 51.0 Å². The zero-order valence-electron chi connectivity index (χ0n) is 15.9. The molecule has 0 spiro atoms. The monoisotopic (exact) mass is 360 g/mol. The SMILES string of the molecule is C[C@]12CC[C@@H](CNC(=O)CCN)[C@H](O)[C@](C)(C[C@@H](c3ccccc3)C1)O2. The van der Waals surface area contributed by atoms with Crippen LogP contribution in [-0.2, 0) is 9.53 Å². The molecule has 0 aliphatic carbocycles. The highest BCUT2D eigenvalue weighted by molar-refractivity contribution is 5.76. The fourth-order valence-electron chi connectivity index (χ4n) is 4.85. The number of nitrogens with two attached hydrogens (primary N) is 1. The minimum Gasteiger partial charge on any atom is -0.390 e. The number of aliphatic hydroxyl groups is 1. The largest absolute Gasteiger partial charge is 0.390 e. The number of aliphatic hydroxyl groups excluding tert-OH is 1. The van der Waals surface area contributed by atoms with E-state index in [0.29, 0.717) is 25.4 Å². The Balaban J connectivity index is 1.77. The van der Waals surface area contributed by atoms with E-state index in [2.05, 4.69) is 36.5 Å². The number of ether oxygens (including phenoxy) is 1. The lowest BCUT2D eigenvalue weighted by Crippen LogP contribution is -2.54. The second-order valence-corrected chi connectivity index (χ2v) is 8.47. The molecule has 1 aromatic rings. The van der Waals surface area contributed by atoms with Gasteiger partial charge in [-0.1, -0.05) is 30.3 Å². The number of carbonyl (C=O) groups excluding carboxylic acids is 1. The van der Waals surface area contributed by atoms with Gasteiger partial charge in [-0.15, -0.1) is 0 Å². The molecule has 26 heavy (non-hydrogen) atoms. The van der Waals surface area contributed by atoms with Gasteiger partial charge < -0.3 is 20.9 Å². The first-order valence-corrected chi connectivity index (χ1v) is 9.75. The molecule has 2 fully saturated rings. The second kappa shape index (κ2) is 7.67. The number of benzene rings is 1. The first kappa shape index (κ1) is 19.3. The molecule has 2 heterocycles. The van der Waals surface area contributed by atoms with E-state index < -0.39 is 11.7 Å². The van der Waals surface area contributed by atoms with Crippen LogP contribution in [0.5, 0.6) is 0 Å². The van der Waals surface area contributed by atoms with Crippen molar-refractivity contribution in [2.45, 2.75) is 69.2 Å². The predicted molar refractivity (Wildman–Crippen MR) is 102 cm³/mol. The molecule has 1 amide bonds. The third kappa shape index (κ3) is 4.11. The lowest BCUT2D eigenvalue weighted by atomic mass is 9.74. The quantitative estimate of drug-likeness (QED) is 0.752. The molecule has 0 aromatic heterocycles. The highest BCUT2D eigenvalue weighted by Crippen LogP contribution is 2.50. The zero-order chi connectivity index (χ0) is 18.8. The van der Waals surface area contributed by atoms with Crippen LogP contribution >= 0.6 is 0 Å². The van der Waals surface area contributed by atoms with E-state index in [9.17, 15) is 9.90 Å². The summed E-state index contributed by atoms with van der Waals surface area (Å²) in [4.78, 5) is 11.8. The molecule has 4 N–H and O–H groups in total. The fraction of sp³-hybridized carbons (Fsp3) is 0.667. The van der Waals surface area contributed by atoms with Crippen molar-refractivity contribution in [3.63, 3.8) is 0 Å². The van der Waals surface area contributed by atoms with Gasteiger partial charge in [0.1, 0.15) is 0 Å².